The first-order valence-electron chi connectivity index (χ1n) is 7.16. The van der Waals surface area contributed by atoms with Crippen molar-refractivity contribution in [3.8, 4) is 5.75 Å². The van der Waals surface area contributed by atoms with Gasteiger partial charge in [0, 0.05) is 4.83 Å². The van der Waals surface area contributed by atoms with E-state index >= 15 is 0 Å². The number of hydrogen-bond donors (Lipinski definition) is 0. The first-order valence-corrected chi connectivity index (χ1v) is 8.87. The Bertz CT molecular complexity index is 366. The predicted molar refractivity (Wildman–Crippen MR) is 90.4 cm³/mol. The van der Waals surface area contributed by atoms with Crippen molar-refractivity contribution in [3.05, 3.63) is 28.2 Å². The van der Waals surface area contributed by atoms with Crippen LogP contribution in [0.1, 0.15) is 62.3 Å². The highest BCUT2D eigenvalue weighted by Crippen LogP contribution is 2.34. The second-order valence-electron chi connectivity index (χ2n) is 4.92. The summed E-state index contributed by atoms with van der Waals surface area (Å²) in [6.45, 7) is 2.26. The topological polar surface area (TPSA) is 9.23 Å². The molecule has 0 fully saturated rings. The Balaban J connectivity index is 2.33. The minimum Gasteiger partial charge on any atom is -0.496 e. The molecule has 0 saturated carbocycles. The molecule has 0 aliphatic heterocycles. The van der Waals surface area contributed by atoms with Crippen molar-refractivity contribution in [3.63, 3.8) is 0 Å². The van der Waals surface area contributed by atoms with Gasteiger partial charge in [-0.15, -0.1) is 0 Å². The van der Waals surface area contributed by atoms with Gasteiger partial charge in [0.1, 0.15) is 5.75 Å². The summed E-state index contributed by atoms with van der Waals surface area (Å²) in [5, 5.41) is 0. The van der Waals surface area contributed by atoms with E-state index in [0.717, 1.165) is 10.2 Å². The van der Waals surface area contributed by atoms with Crippen molar-refractivity contribution in [2.24, 2.45) is 0 Å². The Kier molecular flexibility index (Phi) is 8.80. The summed E-state index contributed by atoms with van der Waals surface area (Å²) in [5.74, 6) is 0.892. The van der Waals surface area contributed by atoms with Crippen molar-refractivity contribution in [2.75, 3.05) is 7.11 Å². The molecule has 19 heavy (non-hydrogen) atoms. The first kappa shape index (κ1) is 17.0. The van der Waals surface area contributed by atoms with E-state index in [1.165, 1.54) is 50.5 Å². The number of methoxy groups -OCH3 is 1. The maximum absolute atomic E-state index is 5.25. The largest absolute Gasteiger partial charge is 0.496 e. The third-order valence-electron chi connectivity index (χ3n) is 3.35. The van der Waals surface area contributed by atoms with Crippen LogP contribution in [0.15, 0.2) is 22.7 Å². The number of rotatable bonds is 9. The third kappa shape index (κ3) is 6.31. The van der Waals surface area contributed by atoms with E-state index in [9.17, 15) is 0 Å². The van der Waals surface area contributed by atoms with Gasteiger partial charge in [-0.1, -0.05) is 67.4 Å². The smallest absolute Gasteiger partial charge is 0.133 e. The highest BCUT2D eigenvalue weighted by atomic mass is 79.9. The Morgan fingerprint density at radius 2 is 1.79 bits per heavy atom. The second kappa shape index (κ2) is 9.82. The van der Waals surface area contributed by atoms with Gasteiger partial charge < -0.3 is 4.74 Å². The van der Waals surface area contributed by atoms with Crippen LogP contribution in [0.3, 0.4) is 0 Å². The summed E-state index contributed by atoms with van der Waals surface area (Å²) in [6.07, 6.45) is 9.30. The zero-order valence-corrected chi connectivity index (χ0v) is 15.1. The molecule has 1 unspecified atom stereocenters. The molecule has 1 atom stereocenters. The zero-order chi connectivity index (χ0) is 14.1. The quantitative estimate of drug-likeness (QED) is 0.338. The standard InChI is InChI=1S/C16H24Br2O/c1-3-4-5-6-7-8-9-14(17)13-10-11-16(19-2)15(18)12-13/h10-12,14H,3-9H2,1-2H3. The molecule has 0 radical (unpaired) electrons. The molecule has 3 heteroatoms. The fourth-order valence-electron chi connectivity index (χ4n) is 2.15. The van der Waals surface area contributed by atoms with Crippen LogP contribution in [0.4, 0.5) is 0 Å². The van der Waals surface area contributed by atoms with Gasteiger partial charge >= 0.3 is 0 Å². The molecular weight excluding hydrogens is 368 g/mol. The summed E-state index contributed by atoms with van der Waals surface area (Å²) in [4.78, 5) is 0.445. The van der Waals surface area contributed by atoms with E-state index in [-0.39, 0.29) is 0 Å². The Morgan fingerprint density at radius 1 is 1.11 bits per heavy atom. The lowest BCUT2D eigenvalue weighted by Crippen LogP contribution is -1.92. The van der Waals surface area contributed by atoms with E-state index in [1.807, 2.05) is 6.07 Å². The van der Waals surface area contributed by atoms with Crippen molar-refractivity contribution < 1.29 is 4.74 Å². The summed E-state index contributed by atoms with van der Waals surface area (Å²) in [6, 6.07) is 6.31. The average molecular weight is 392 g/mol. The molecule has 0 aliphatic rings. The Labute approximate surface area is 134 Å². The average Bonchev–Trinajstić information content (AvgIpc) is 2.42. The second-order valence-corrected chi connectivity index (χ2v) is 6.88. The van der Waals surface area contributed by atoms with Gasteiger partial charge in [-0.2, -0.15) is 0 Å². The molecule has 1 aromatic rings. The molecule has 0 aromatic heterocycles. The Morgan fingerprint density at radius 3 is 2.42 bits per heavy atom. The van der Waals surface area contributed by atoms with E-state index in [4.69, 9.17) is 4.74 Å². The van der Waals surface area contributed by atoms with Crippen molar-refractivity contribution in [2.45, 2.75) is 56.7 Å². The van der Waals surface area contributed by atoms with Gasteiger partial charge in [-0.25, -0.2) is 0 Å². The number of hydrogen-bond acceptors (Lipinski definition) is 1. The fraction of sp³-hybridized carbons (Fsp3) is 0.625. The Hall–Kier alpha value is -0.0200. The van der Waals surface area contributed by atoms with Gasteiger partial charge in [0.15, 0.2) is 0 Å². The summed E-state index contributed by atoms with van der Waals surface area (Å²) >= 11 is 7.33. The zero-order valence-electron chi connectivity index (χ0n) is 11.9. The minimum atomic E-state index is 0.445. The van der Waals surface area contributed by atoms with Crippen LogP contribution in [0.5, 0.6) is 5.75 Å². The molecule has 0 amide bonds. The monoisotopic (exact) mass is 390 g/mol. The van der Waals surface area contributed by atoms with E-state index in [1.54, 1.807) is 7.11 Å². The maximum atomic E-state index is 5.25. The lowest BCUT2D eigenvalue weighted by atomic mass is 10.0. The fourth-order valence-corrected chi connectivity index (χ4v) is 3.31. The number of halogens is 2. The van der Waals surface area contributed by atoms with Gasteiger partial charge in [0.2, 0.25) is 0 Å². The molecule has 108 valence electrons. The van der Waals surface area contributed by atoms with Crippen LogP contribution in [-0.2, 0) is 0 Å². The molecule has 1 nitrogen and oxygen atoms in total. The number of unbranched alkanes of at least 4 members (excludes halogenated alkanes) is 5. The number of ether oxygens (including phenoxy) is 1. The summed E-state index contributed by atoms with van der Waals surface area (Å²) < 4.78 is 6.28. The van der Waals surface area contributed by atoms with E-state index in [2.05, 4.69) is 50.9 Å². The molecule has 0 N–H and O–H groups in total. The predicted octanol–water partition coefficient (Wildman–Crippen LogP) is 6.64. The molecule has 1 rings (SSSR count). The molecule has 1 aromatic carbocycles. The highest BCUT2D eigenvalue weighted by molar-refractivity contribution is 9.10. The minimum absolute atomic E-state index is 0.445. The normalized spacial score (nSPS) is 12.4. The van der Waals surface area contributed by atoms with Crippen LogP contribution < -0.4 is 4.74 Å². The van der Waals surface area contributed by atoms with Gasteiger partial charge in [0.25, 0.3) is 0 Å². The SMILES string of the molecule is CCCCCCCCC(Br)c1ccc(OC)c(Br)c1. The van der Waals surface area contributed by atoms with Crippen molar-refractivity contribution in [1.29, 1.82) is 0 Å². The molecule has 0 aliphatic carbocycles. The summed E-state index contributed by atoms with van der Waals surface area (Å²) in [5.41, 5.74) is 1.32. The van der Waals surface area contributed by atoms with Gasteiger partial charge in [0.05, 0.1) is 11.6 Å². The first-order chi connectivity index (χ1) is 9.19. The van der Waals surface area contributed by atoms with Crippen LogP contribution >= 0.6 is 31.9 Å². The third-order valence-corrected chi connectivity index (χ3v) is 4.95. The van der Waals surface area contributed by atoms with Crippen LogP contribution in [-0.4, -0.2) is 7.11 Å². The van der Waals surface area contributed by atoms with Crippen molar-refractivity contribution >= 4 is 31.9 Å². The molecule has 0 bridgehead atoms. The summed E-state index contributed by atoms with van der Waals surface area (Å²) in [7, 11) is 1.70. The van der Waals surface area contributed by atoms with Crippen LogP contribution in [0.2, 0.25) is 0 Å². The lowest BCUT2D eigenvalue weighted by Gasteiger charge is -2.12. The molecule has 0 spiro atoms. The van der Waals surface area contributed by atoms with Crippen LogP contribution in [0, 0.1) is 0 Å². The molecular formula is C16H24Br2O. The molecule has 0 saturated heterocycles. The van der Waals surface area contributed by atoms with E-state index in [0.29, 0.717) is 4.83 Å². The highest BCUT2D eigenvalue weighted by Gasteiger charge is 2.09. The lowest BCUT2D eigenvalue weighted by molar-refractivity contribution is 0.412. The van der Waals surface area contributed by atoms with Crippen molar-refractivity contribution in [1.82, 2.24) is 0 Å². The molecule has 0 heterocycles. The number of alkyl halides is 1. The van der Waals surface area contributed by atoms with E-state index < -0.39 is 0 Å². The van der Waals surface area contributed by atoms with Gasteiger partial charge in [-0.3, -0.25) is 0 Å². The maximum Gasteiger partial charge on any atom is 0.133 e. The van der Waals surface area contributed by atoms with Crippen LogP contribution in [0.25, 0.3) is 0 Å². The van der Waals surface area contributed by atoms with Gasteiger partial charge in [-0.05, 0) is 40.0 Å². The number of benzene rings is 1.